The van der Waals surface area contributed by atoms with Crippen LogP contribution in [0.3, 0.4) is 0 Å². The second kappa shape index (κ2) is 5.68. The van der Waals surface area contributed by atoms with Crippen LogP contribution in [0.15, 0.2) is 0 Å². The second-order valence-corrected chi connectivity index (χ2v) is 4.19. The minimum absolute atomic E-state index is 0.267. The molecule has 1 rings (SSSR count). The summed E-state index contributed by atoms with van der Waals surface area (Å²) in [5, 5.41) is 8.94. The van der Waals surface area contributed by atoms with Crippen LogP contribution in [0.4, 0.5) is 13.2 Å². The van der Waals surface area contributed by atoms with Crippen LogP contribution < -0.4 is 0 Å². The number of piperazine rings is 1. The number of hydrogen-bond acceptors (Lipinski definition) is 3. The number of carboxylic acid groups (broad SMARTS) is 1. The first kappa shape index (κ1) is 14.2. The summed E-state index contributed by atoms with van der Waals surface area (Å²) in [5.74, 6) is -0.906. The Morgan fingerprint density at radius 2 is 1.82 bits per heavy atom. The number of alkyl halides is 3. The van der Waals surface area contributed by atoms with Gasteiger partial charge in [-0.25, -0.2) is 0 Å². The Balaban J connectivity index is 2.42. The van der Waals surface area contributed by atoms with Gasteiger partial charge in [-0.3, -0.25) is 14.6 Å². The third-order valence-corrected chi connectivity index (χ3v) is 2.92. The van der Waals surface area contributed by atoms with Crippen LogP contribution in [0.1, 0.15) is 13.3 Å². The molecule has 7 heteroatoms. The molecule has 1 atom stereocenters. The predicted octanol–water partition coefficient (Wildman–Crippen LogP) is 1.03. The fraction of sp³-hybridized carbons (Fsp3) is 0.900. The third-order valence-electron chi connectivity index (χ3n) is 2.92. The topological polar surface area (TPSA) is 43.8 Å². The van der Waals surface area contributed by atoms with E-state index in [1.54, 1.807) is 11.8 Å². The van der Waals surface area contributed by atoms with Crippen molar-refractivity contribution in [2.45, 2.75) is 25.6 Å². The zero-order chi connectivity index (χ0) is 13.1. The normalized spacial score (nSPS) is 21.4. The van der Waals surface area contributed by atoms with Gasteiger partial charge in [-0.1, -0.05) is 6.92 Å². The van der Waals surface area contributed by atoms with Gasteiger partial charge in [0.05, 0.1) is 6.54 Å². The molecule has 1 fully saturated rings. The Kier molecular flexibility index (Phi) is 4.76. The van der Waals surface area contributed by atoms with E-state index in [9.17, 15) is 18.0 Å². The van der Waals surface area contributed by atoms with E-state index in [-0.39, 0.29) is 13.1 Å². The monoisotopic (exact) mass is 254 g/mol. The van der Waals surface area contributed by atoms with E-state index in [2.05, 4.69) is 0 Å². The van der Waals surface area contributed by atoms with Crippen LogP contribution in [-0.4, -0.2) is 65.8 Å². The first-order valence-corrected chi connectivity index (χ1v) is 5.59. The standard InChI is InChI=1S/C10H17F3N2O2/c1-2-8(9(16)17)15-5-3-14(4-6-15)7-10(11,12)13/h8H,2-7H2,1H3,(H,16,17). The lowest BCUT2D eigenvalue weighted by molar-refractivity contribution is -0.154. The van der Waals surface area contributed by atoms with Crippen molar-refractivity contribution in [3.63, 3.8) is 0 Å². The van der Waals surface area contributed by atoms with Crippen molar-refractivity contribution in [2.24, 2.45) is 0 Å². The molecule has 1 N–H and O–H groups in total. The molecule has 1 unspecified atom stereocenters. The van der Waals surface area contributed by atoms with E-state index in [0.717, 1.165) is 0 Å². The Labute approximate surface area is 98.0 Å². The Morgan fingerprint density at radius 1 is 1.29 bits per heavy atom. The average molecular weight is 254 g/mol. The van der Waals surface area contributed by atoms with Gasteiger partial charge in [0.25, 0.3) is 0 Å². The molecule has 1 saturated heterocycles. The molecule has 0 aliphatic carbocycles. The fourth-order valence-electron chi connectivity index (χ4n) is 2.08. The molecule has 0 aromatic heterocycles. The first-order valence-electron chi connectivity index (χ1n) is 5.59. The number of carbonyl (C=O) groups is 1. The summed E-state index contributed by atoms with van der Waals surface area (Å²) < 4.78 is 36.4. The molecule has 0 radical (unpaired) electrons. The third kappa shape index (κ3) is 4.51. The number of nitrogens with zero attached hydrogens (tertiary/aromatic N) is 2. The molecule has 0 bridgehead atoms. The van der Waals surface area contributed by atoms with Gasteiger partial charge >= 0.3 is 12.1 Å². The number of aliphatic carboxylic acids is 1. The predicted molar refractivity (Wildman–Crippen MR) is 55.8 cm³/mol. The lowest BCUT2D eigenvalue weighted by atomic mass is 10.1. The summed E-state index contributed by atoms with van der Waals surface area (Å²) in [6, 6.07) is -0.581. The molecular formula is C10H17F3N2O2. The van der Waals surface area contributed by atoms with Crippen molar-refractivity contribution in [1.82, 2.24) is 9.80 Å². The zero-order valence-corrected chi connectivity index (χ0v) is 9.70. The molecule has 1 aliphatic rings. The van der Waals surface area contributed by atoms with Crippen LogP contribution in [0.25, 0.3) is 0 Å². The van der Waals surface area contributed by atoms with Crippen molar-refractivity contribution in [3.05, 3.63) is 0 Å². The van der Waals surface area contributed by atoms with Crippen molar-refractivity contribution in [3.8, 4) is 0 Å². The highest BCUT2D eigenvalue weighted by atomic mass is 19.4. The van der Waals surface area contributed by atoms with Crippen molar-refractivity contribution in [2.75, 3.05) is 32.7 Å². The molecule has 100 valence electrons. The van der Waals surface area contributed by atoms with Crippen molar-refractivity contribution < 1.29 is 23.1 Å². The van der Waals surface area contributed by atoms with E-state index < -0.39 is 24.7 Å². The van der Waals surface area contributed by atoms with E-state index >= 15 is 0 Å². The van der Waals surface area contributed by atoms with E-state index in [4.69, 9.17) is 5.11 Å². The van der Waals surface area contributed by atoms with Crippen molar-refractivity contribution in [1.29, 1.82) is 0 Å². The van der Waals surface area contributed by atoms with E-state index in [1.165, 1.54) is 4.90 Å². The largest absolute Gasteiger partial charge is 0.480 e. The lowest BCUT2D eigenvalue weighted by Gasteiger charge is -2.37. The molecule has 17 heavy (non-hydrogen) atoms. The highest BCUT2D eigenvalue weighted by Gasteiger charge is 2.34. The van der Waals surface area contributed by atoms with Crippen LogP contribution in [0, 0.1) is 0 Å². The molecular weight excluding hydrogens is 237 g/mol. The summed E-state index contributed by atoms with van der Waals surface area (Å²) >= 11 is 0. The Hall–Kier alpha value is -0.820. The number of carboxylic acids is 1. The quantitative estimate of drug-likeness (QED) is 0.813. The number of halogens is 3. The van der Waals surface area contributed by atoms with Gasteiger partial charge in [-0.2, -0.15) is 13.2 Å². The zero-order valence-electron chi connectivity index (χ0n) is 9.70. The summed E-state index contributed by atoms with van der Waals surface area (Å²) in [7, 11) is 0. The van der Waals surface area contributed by atoms with Gasteiger partial charge in [0.1, 0.15) is 6.04 Å². The van der Waals surface area contributed by atoms with Gasteiger partial charge in [0, 0.05) is 26.2 Å². The van der Waals surface area contributed by atoms with Crippen LogP contribution in [0.5, 0.6) is 0 Å². The van der Waals surface area contributed by atoms with E-state index in [0.29, 0.717) is 19.5 Å². The Morgan fingerprint density at radius 3 is 2.18 bits per heavy atom. The minimum Gasteiger partial charge on any atom is -0.480 e. The average Bonchev–Trinajstić information content (AvgIpc) is 2.18. The molecule has 1 heterocycles. The molecule has 0 aromatic rings. The fourth-order valence-corrected chi connectivity index (χ4v) is 2.08. The maximum Gasteiger partial charge on any atom is 0.401 e. The van der Waals surface area contributed by atoms with Crippen LogP contribution in [-0.2, 0) is 4.79 Å². The van der Waals surface area contributed by atoms with Gasteiger partial charge in [-0.05, 0) is 6.42 Å². The lowest BCUT2D eigenvalue weighted by Crippen LogP contribution is -2.53. The number of hydrogen-bond donors (Lipinski definition) is 1. The SMILES string of the molecule is CCC(C(=O)O)N1CCN(CC(F)(F)F)CC1. The maximum absolute atomic E-state index is 12.1. The Bertz CT molecular complexity index is 263. The molecule has 0 spiro atoms. The summed E-state index contributed by atoms with van der Waals surface area (Å²) in [6.45, 7) is 2.14. The molecule has 4 nitrogen and oxygen atoms in total. The minimum atomic E-state index is -4.18. The molecule has 0 saturated carbocycles. The van der Waals surface area contributed by atoms with Gasteiger partial charge in [0.15, 0.2) is 0 Å². The summed E-state index contributed by atoms with van der Waals surface area (Å²) in [5.41, 5.74) is 0. The van der Waals surface area contributed by atoms with Gasteiger partial charge in [0.2, 0.25) is 0 Å². The maximum atomic E-state index is 12.1. The van der Waals surface area contributed by atoms with Crippen LogP contribution >= 0.6 is 0 Å². The molecule has 1 aliphatic heterocycles. The smallest absolute Gasteiger partial charge is 0.401 e. The molecule has 0 amide bonds. The molecule has 0 aromatic carbocycles. The van der Waals surface area contributed by atoms with Gasteiger partial charge < -0.3 is 5.11 Å². The van der Waals surface area contributed by atoms with Gasteiger partial charge in [-0.15, -0.1) is 0 Å². The highest BCUT2D eigenvalue weighted by molar-refractivity contribution is 5.73. The summed E-state index contributed by atoms with van der Waals surface area (Å²) in [6.07, 6.45) is -3.71. The summed E-state index contributed by atoms with van der Waals surface area (Å²) in [4.78, 5) is 13.9. The highest BCUT2D eigenvalue weighted by Crippen LogP contribution is 2.18. The van der Waals surface area contributed by atoms with Crippen LogP contribution in [0.2, 0.25) is 0 Å². The van der Waals surface area contributed by atoms with Crippen molar-refractivity contribution >= 4 is 5.97 Å². The number of rotatable bonds is 4. The second-order valence-electron chi connectivity index (χ2n) is 4.19. The van der Waals surface area contributed by atoms with E-state index in [1.807, 2.05) is 0 Å². The first-order chi connectivity index (χ1) is 7.83.